The number of nitrogens with zero attached hydrogens (tertiary/aromatic N) is 1. The van der Waals surface area contributed by atoms with Crippen LogP contribution in [0.2, 0.25) is 5.02 Å². The SMILES string of the molecule is CC(=O)N[C@H]1CCC(=O)NCCC(=O)NCC[C@@H](C(=O)N[C@H](Cc2ccc3ccccc3c2)C(=O)N[C@@H](CC(C)C)C(=O)N[C@@H](CCCNC(=N)N)C(=O)N2CCC[C@H]2C(=O)N[C@@H](CN)C(=O)O)NC(=O)[C@H](CC(=O)NN)NC(=O)[C@@H](Cc2c[nH]c3ccccc23)NC(=O)[C@@H](Cc2ccc(Cl)cc2)NC1=O. The molecule has 570 valence electrons. The molecule has 2 aliphatic heterocycles. The molecule has 1 aromatic heterocycles. The minimum Gasteiger partial charge on any atom is -0.480 e. The Balaban J connectivity index is 1.24. The summed E-state index contributed by atoms with van der Waals surface area (Å²) in [4.78, 5) is 202. The van der Waals surface area contributed by atoms with Gasteiger partial charge in [0.15, 0.2) is 5.96 Å². The molecule has 22 N–H and O–H groups in total. The number of aromatic nitrogens is 1. The number of amides is 13. The largest absolute Gasteiger partial charge is 0.480 e. The lowest BCUT2D eigenvalue weighted by Gasteiger charge is -2.31. The molecule has 4 aromatic carbocycles. The monoisotopic (exact) mass is 1490 g/mol. The zero-order valence-corrected chi connectivity index (χ0v) is 59.8. The van der Waals surface area contributed by atoms with Crippen molar-refractivity contribution in [3.8, 4) is 0 Å². The normalized spacial score (nSPS) is 19.9. The van der Waals surface area contributed by atoms with Crippen molar-refractivity contribution in [3.63, 3.8) is 0 Å². The second-order valence-corrected chi connectivity index (χ2v) is 26.9. The Morgan fingerprint density at radius 3 is 1.99 bits per heavy atom. The van der Waals surface area contributed by atoms with E-state index in [1.54, 1.807) is 92.8 Å². The summed E-state index contributed by atoms with van der Waals surface area (Å²) in [6, 6.07) is 10.6. The van der Waals surface area contributed by atoms with Crippen LogP contribution in [0.1, 0.15) is 102 Å². The van der Waals surface area contributed by atoms with Crippen molar-refractivity contribution in [3.05, 3.63) is 119 Å². The van der Waals surface area contributed by atoms with Gasteiger partial charge in [-0.25, -0.2) is 10.6 Å². The highest BCUT2D eigenvalue weighted by molar-refractivity contribution is 6.30. The Morgan fingerprint density at radius 2 is 1.30 bits per heavy atom. The summed E-state index contributed by atoms with van der Waals surface area (Å²) in [7, 11) is 0. The number of nitrogens with one attached hydrogen (secondary N) is 15. The van der Waals surface area contributed by atoms with E-state index in [1.807, 2.05) is 23.6 Å². The molecule has 10 atom stereocenters. The number of fused-ring (bicyclic) bond motifs is 2. The highest BCUT2D eigenvalue weighted by Crippen LogP contribution is 2.24. The number of H-pyrrole nitrogens is 1. The maximum Gasteiger partial charge on any atom is 0.327 e. The predicted molar refractivity (Wildman–Crippen MR) is 389 cm³/mol. The third-order valence-electron chi connectivity index (χ3n) is 17.8. The number of guanidine groups is 1. The number of aromatic amines is 1. The number of benzene rings is 4. The van der Waals surface area contributed by atoms with Crippen LogP contribution in [-0.2, 0) is 86.4 Å². The summed E-state index contributed by atoms with van der Waals surface area (Å²) in [6.45, 7) is 3.75. The molecular weight excluding hydrogens is 1390 g/mol. The van der Waals surface area contributed by atoms with Crippen molar-refractivity contribution in [1.82, 2.24) is 79.1 Å². The van der Waals surface area contributed by atoms with Gasteiger partial charge in [0.2, 0.25) is 76.8 Å². The Kier molecular flexibility index (Phi) is 31.1. The summed E-state index contributed by atoms with van der Waals surface area (Å²) in [5.74, 6) is -7.87. The fraction of sp³-hybridized carbons (Fsp3) is 0.451. The molecule has 2 fully saturated rings. The van der Waals surface area contributed by atoms with Crippen LogP contribution in [0.3, 0.4) is 0 Å². The quantitative estimate of drug-likeness (QED) is 0.00705. The molecular formula is C71H94ClN19O15. The number of para-hydroxylation sites is 1. The molecule has 0 unspecified atom stereocenters. The number of nitrogens with two attached hydrogens (primary N) is 3. The zero-order chi connectivity index (χ0) is 77.1. The first-order valence-corrected chi connectivity index (χ1v) is 35.3. The molecule has 0 aliphatic carbocycles. The average molecular weight is 1490 g/mol. The molecule has 13 amide bonds. The zero-order valence-electron chi connectivity index (χ0n) is 59.0. The Bertz CT molecular complexity index is 4020. The second kappa shape index (κ2) is 40.1. The van der Waals surface area contributed by atoms with Gasteiger partial charge in [-0.3, -0.25) is 73.2 Å². The van der Waals surface area contributed by atoms with Crippen molar-refractivity contribution in [2.24, 2.45) is 23.2 Å². The highest BCUT2D eigenvalue weighted by Gasteiger charge is 2.41. The molecule has 0 saturated carbocycles. The van der Waals surface area contributed by atoms with Crippen LogP contribution in [-0.4, -0.2) is 197 Å². The first-order chi connectivity index (χ1) is 50.6. The van der Waals surface area contributed by atoms with Crippen LogP contribution in [0.25, 0.3) is 21.7 Å². The third kappa shape index (κ3) is 25.0. The van der Waals surface area contributed by atoms with Crippen LogP contribution < -0.4 is 86.5 Å². The van der Waals surface area contributed by atoms with Crippen LogP contribution >= 0.6 is 11.6 Å². The molecule has 7 rings (SSSR count). The summed E-state index contributed by atoms with van der Waals surface area (Å²) in [5.41, 5.74) is 15.2. The molecule has 2 aliphatic rings. The topological polar surface area (TPSA) is 537 Å². The summed E-state index contributed by atoms with van der Waals surface area (Å²) < 4.78 is 0. The van der Waals surface area contributed by atoms with E-state index in [2.05, 4.69) is 68.8 Å². The number of likely N-dealkylation sites (tertiary alicyclic amines) is 1. The van der Waals surface area contributed by atoms with Gasteiger partial charge in [0.1, 0.15) is 60.4 Å². The van der Waals surface area contributed by atoms with Crippen LogP contribution in [0.4, 0.5) is 0 Å². The lowest BCUT2D eigenvalue weighted by molar-refractivity contribution is -0.145. The van der Waals surface area contributed by atoms with Gasteiger partial charge in [0.05, 0.1) is 6.42 Å². The Morgan fingerprint density at radius 1 is 0.679 bits per heavy atom. The highest BCUT2D eigenvalue weighted by atomic mass is 35.5. The smallest absolute Gasteiger partial charge is 0.327 e. The maximum absolute atomic E-state index is 15.3. The lowest BCUT2D eigenvalue weighted by Crippen LogP contribution is -2.61. The van der Waals surface area contributed by atoms with E-state index in [0.29, 0.717) is 39.0 Å². The molecule has 5 aromatic rings. The number of carbonyl (C=O) groups is 14. The first kappa shape index (κ1) is 82.0. The van der Waals surface area contributed by atoms with E-state index in [0.717, 1.165) is 17.7 Å². The number of carboxylic acids is 1. The van der Waals surface area contributed by atoms with Gasteiger partial charge in [0.25, 0.3) is 0 Å². The third-order valence-corrected chi connectivity index (χ3v) is 18.1. The maximum atomic E-state index is 15.3. The number of hydrogen-bond donors (Lipinski definition) is 19. The minimum atomic E-state index is -1.92. The molecule has 0 bridgehead atoms. The number of hydrogen-bond acceptors (Lipinski definition) is 17. The van der Waals surface area contributed by atoms with Gasteiger partial charge in [-0.05, 0) is 96.5 Å². The van der Waals surface area contributed by atoms with Crippen molar-refractivity contribution in [2.75, 3.05) is 32.7 Å². The van der Waals surface area contributed by atoms with E-state index in [1.165, 1.54) is 4.90 Å². The summed E-state index contributed by atoms with van der Waals surface area (Å²) in [6.07, 6.45) is -0.993. The average Bonchev–Trinajstić information content (AvgIpc) is 1.28. The van der Waals surface area contributed by atoms with E-state index < -0.39 is 163 Å². The molecule has 106 heavy (non-hydrogen) atoms. The fourth-order valence-electron chi connectivity index (χ4n) is 12.4. The number of rotatable bonds is 26. The number of carboxylic acid groups (broad SMARTS) is 1. The van der Waals surface area contributed by atoms with Gasteiger partial charge in [-0.15, -0.1) is 0 Å². The standard InChI is InChI=1S/C71H94ClN19O15/c1-38(2)30-51(63(98)83-50(14-8-26-79-71(74)75)69(104)91-29-9-15-57(91)68(103)89-56(36-73)70(105)106)84-65(100)53(33-41-16-19-42-10-4-5-11-43(42)31-41)86-62(97)49-24-27-77-59(94)25-28-78-58(93)23-22-48(81-39(3)92)61(96)85-52(32-40-17-20-45(72)21-18-40)64(99)87-54(34-44-37-80-47-13-7-6-12-46(44)47)66(101)88-55(67(102)82-49)35-60(95)90-76/h4-7,10-13,16-21,31,37-38,48-57,80H,8-9,14-15,22-30,32-36,73,76H2,1-3H3,(H,77,94)(H,78,93)(H,81,92)(H,82,102)(H,83,98)(H,84,100)(H,85,96)(H,86,97)(H,87,99)(H,88,101)(H,89,103)(H,90,95)(H,105,106)(H4,74,75,79)/t48-,49-,50-,51-,52+,53+,54+,55-,56-,57-/m0/s1. The number of carbonyl (C=O) groups excluding carboxylic acids is 13. The van der Waals surface area contributed by atoms with Gasteiger partial charge in [-0.2, -0.15) is 0 Å². The van der Waals surface area contributed by atoms with Crippen LogP contribution in [0.5, 0.6) is 0 Å². The van der Waals surface area contributed by atoms with E-state index >= 15 is 19.2 Å². The molecule has 0 radical (unpaired) electrons. The molecule has 35 heteroatoms. The molecule has 0 spiro atoms. The van der Waals surface area contributed by atoms with Crippen molar-refractivity contribution >= 4 is 122 Å². The van der Waals surface area contributed by atoms with E-state index in [9.17, 15) is 53.1 Å². The van der Waals surface area contributed by atoms with Gasteiger partial charge in [-0.1, -0.05) is 98.2 Å². The van der Waals surface area contributed by atoms with Gasteiger partial charge < -0.3 is 90.3 Å². The molecule has 2 saturated heterocycles. The van der Waals surface area contributed by atoms with Crippen molar-refractivity contribution in [1.29, 1.82) is 5.41 Å². The van der Waals surface area contributed by atoms with Gasteiger partial charge >= 0.3 is 5.97 Å². The van der Waals surface area contributed by atoms with E-state index in [-0.39, 0.29) is 102 Å². The van der Waals surface area contributed by atoms with Crippen molar-refractivity contribution in [2.45, 2.75) is 165 Å². The number of hydrazine groups is 1. The van der Waals surface area contributed by atoms with E-state index in [4.69, 9.17) is 34.3 Å². The Labute approximate surface area is 615 Å². The summed E-state index contributed by atoms with van der Waals surface area (Å²) in [5, 5.41) is 51.4. The number of aliphatic carboxylic acids is 1. The predicted octanol–water partition coefficient (Wildman–Crippen LogP) is -2.08. The van der Waals surface area contributed by atoms with Gasteiger partial charge in [0, 0.05) is 93.9 Å². The molecule has 3 heterocycles. The molecule has 34 nitrogen and oxygen atoms in total. The van der Waals surface area contributed by atoms with Crippen LogP contribution in [0.15, 0.2) is 97.2 Å². The summed E-state index contributed by atoms with van der Waals surface area (Å²) >= 11 is 6.22. The lowest BCUT2D eigenvalue weighted by atomic mass is 9.98. The first-order valence-electron chi connectivity index (χ1n) is 34.9. The second-order valence-electron chi connectivity index (χ2n) is 26.4. The number of halogens is 1. The fourth-order valence-corrected chi connectivity index (χ4v) is 12.5. The van der Waals surface area contributed by atoms with Crippen LogP contribution in [0, 0.1) is 11.3 Å². The van der Waals surface area contributed by atoms with Crippen molar-refractivity contribution < 1.29 is 72.2 Å². The Hall–Kier alpha value is -11.3. The minimum absolute atomic E-state index is 0.0521.